The lowest BCUT2D eigenvalue weighted by molar-refractivity contribution is -0.143. The second kappa shape index (κ2) is 7.18. The smallest absolute Gasteiger partial charge is 0.397 e. The Kier molecular flexibility index (Phi) is 5.17. The third-order valence-corrected chi connectivity index (χ3v) is 4.64. The molecule has 29 heavy (non-hydrogen) atoms. The van der Waals surface area contributed by atoms with Crippen LogP contribution < -0.4 is 21.3 Å². The fourth-order valence-electron chi connectivity index (χ4n) is 2.42. The highest BCUT2D eigenvalue weighted by Crippen LogP contribution is 2.37. The first kappa shape index (κ1) is 20.9. The second-order valence-corrected chi connectivity index (χ2v) is 6.65. The highest BCUT2D eigenvalue weighted by Gasteiger charge is 2.42. The number of nitrogens with zero attached hydrogens (tertiary/aromatic N) is 2. The molecule has 0 aliphatic carbocycles. The summed E-state index contributed by atoms with van der Waals surface area (Å²) in [5.74, 6) is -0.508. The Labute approximate surface area is 163 Å². The molecule has 1 amide bonds. The van der Waals surface area contributed by atoms with Crippen LogP contribution in [0.1, 0.15) is 18.3 Å². The SMILES string of the molecule is CC1=C(C(=O)Nc2ccc(-n3nc(C(F)(F)F)cc3C(F)(F)F)c(N)c2)SNN1. The number of carbonyl (C=O) groups excluding carboxylic acids is 1. The van der Waals surface area contributed by atoms with Gasteiger partial charge in [0.2, 0.25) is 0 Å². The van der Waals surface area contributed by atoms with Gasteiger partial charge in [-0.25, -0.2) is 4.68 Å². The van der Waals surface area contributed by atoms with Crippen molar-refractivity contribution in [2.45, 2.75) is 19.3 Å². The van der Waals surface area contributed by atoms with Crippen LogP contribution in [0.4, 0.5) is 37.7 Å². The molecule has 0 spiro atoms. The van der Waals surface area contributed by atoms with Crippen molar-refractivity contribution >= 4 is 29.2 Å². The minimum atomic E-state index is -5.10. The van der Waals surface area contributed by atoms with Gasteiger partial charge in [-0.3, -0.25) is 4.79 Å². The van der Waals surface area contributed by atoms with Gasteiger partial charge in [-0.1, -0.05) is 0 Å². The molecule has 1 aromatic carbocycles. The van der Waals surface area contributed by atoms with Crippen molar-refractivity contribution in [1.82, 2.24) is 20.0 Å². The zero-order valence-electron chi connectivity index (χ0n) is 14.4. The van der Waals surface area contributed by atoms with Crippen molar-refractivity contribution in [3.63, 3.8) is 0 Å². The summed E-state index contributed by atoms with van der Waals surface area (Å²) < 4.78 is 78.1. The number of benzene rings is 1. The molecule has 0 bridgehead atoms. The Balaban J connectivity index is 1.96. The topological polar surface area (TPSA) is 97.0 Å². The standard InChI is InChI=1S/C15H12F6N6OS/c1-6-12(29-26-24-6)13(28)23-7-2-3-9(8(22)4-7)27-11(15(19,20)21)5-10(25-27)14(16,17)18/h2-5,24,26H,22H2,1H3,(H,23,28). The number of carbonyl (C=O) groups is 1. The van der Waals surface area contributed by atoms with E-state index < -0.39 is 35.3 Å². The number of nitrogen functional groups attached to an aromatic ring is 1. The highest BCUT2D eigenvalue weighted by atomic mass is 32.2. The molecule has 2 heterocycles. The zero-order chi connectivity index (χ0) is 21.6. The average Bonchev–Trinajstić information content (AvgIpc) is 3.20. The highest BCUT2D eigenvalue weighted by molar-refractivity contribution is 8.02. The van der Waals surface area contributed by atoms with Crippen LogP contribution in [0.3, 0.4) is 0 Å². The molecule has 0 saturated heterocycles. The molecular weight excluding hydrogens is 426 g/mol. The van der Waals surface area contributed by atoms with Crippen LogP contribution in [0.15, 0.2) is 34.9 Å². The predicted octanol–water partition coefficient (Wildman–Crippen LogP) is 3.42. The van der Waals surface area contributed by atoms with Gasteiger partial charge in [-0.15, -0.1) is 0 Å². The van der Waals surface area contributed by atoms with Gasteiger partial charge in [-0.2, -0.15) is 36.3 Å². The molecule has 1 aromatic heterocycles. The summed E-state index contributed by atoms with van der Waals surface area (Å²) >= 11 is 1.02. The molecule has 1 aliphatic heterocycles. The normalized spacial score (nSPS) is 14.9. The molecule has 0 unspecified atom stereocenters. The molecule has 14 heteroatoms. The average molecular weight is 438 g/mol. The number of hydrazine groups is 1. The molecule has 5 N–H and O–H groups in total. The van der Waals surface area contributed by atoms with Crippen LogP contribution >= 0.6 is 11.9 Å². The van der Waals surface area contributed by atoms with Gasteiger partial charge < -0.3 is 16.5 Å². The first-order valence-corrected chi connectivity index (χ1v) is 8.54. The maximum atomic E-state index is 13.2. The Hall–Kier alpha value is -2.87. The summed E-state index contributed by atoms with van der Waals surface area (Å²) in [6.07, 6.45) is -10.2. The third-order valence-electron chi connectivity index (χ3n) is 3.74. The monoisotopic (exact) mass is 438 g/mol. The van der Waals surface area contributed by atoms with Crippen molar-refractivity contribution in [1.29, 1.82) is 0 Å². The number of nitrogens with two attached hydrogens (primary N) is 1. The zero-order valence-corrected chi connectivity index (χ0v) is 15.2. The van der Waals surface area contributed by atoms with Crippen LogP contribution in [0.25, 0.3) is 5.69 Å². The van der Waals surface area contributed by atoms with E-state index in [-0.39, 0.29) is 22.1 Å². The molecule has 156 valence electrons. The minimum absolute atomic E-state index is 0.0805. The minimum Gasteiger partial charge on any atom is -0.397 e. The maximum absolute atomic E-state index is 13.2. The van der Waals surface area contributed by atoms with Crippen molar-refractivity contribution in [2.75, 3.05) is 11.1 Å². The van der Waals surface area contributed by atoms with Crippen molar-refractivity contribution in [3.05, 3.63) is 46.3 Å². The number of aromatic nitrogens is 2. The summed E-state index contributed by atoms with van der Waals surface area (Å²) in [4.78, 5) is 15.2. The van der Waals surface area contributed by atoms with Crippen LogP contribution in [0.2, 0.25) is 0 Å². The molecule has 2 aromatic rings. The van der Waals surface area contributed by atoms with Crippen LogP contribution in [0.5, 0.6) is 0 Å². The molecule has 0 atom stereocenters. The van der Waals surface area contributed by atoms with Gasteiger partial charge in [0.05, 0.1) is 11.4 Å². The van der Waals surface area contributed by atoms with Crippen LogP contribution in [-0.2, 0) is 17.1 Å². The van der Waals surface area contributed by atoms with Crippen LogP contribution in [-0.4, -0.2) is 15.7 Å². The quantitative estimate of drug-likeness (QED) is 0.333. The molecule has 3 rings (SSSR count). The Morgan fingerprint density at radius 1 is 1.17 bits per heavy atom. The molecule has 7 nitrogen and oxygen atoms in total. The number of halogens is 6. The lowest BCUT2D eigenvalue weighted by atomic mass is 10.2. The fraction of sp³-hybridized carbons (Fsp3) is 0.200. The lowest BCUT2D eigenvalue weighted by Gasteiger charge is -2.13. The van der Waals surface area contributed by atoms with Gasteiger partial charge in [0.25, 0.3) is 5.91 Å². The van der Waals surface area contributed by atoms with E-state index in [4.69, 9.17) is 5.73 Å². The van der Waals surface area contributed by atoms with Crippen molar-refractivity contribution in [2.24, 2.45) is 0 Å². The van der Waals surface area contributed by atoms with Gasteiger partial charge in [0.1, 0.15) is 10.6 Å². The van der Waals surface area contributed by atoms with Gasteiger partial charge >= 0.3 is 12.4 Å². The van der Waals surface area contributed by atoms with E-state index >= 15 is 0 Å². The number of alkyl halides is 6. The fourth-order valence-corrected chi connectivity index (χ4v) is 3.08. The summed E-state index contributed by atoms with van der Waals surface area (Å²) in [6.45, 7) is 1.65. The van der Waals surface area contributed by atoms with E-state index in [1.165, 1.54) is 6.07 Å². The van der Waals surface area contributed by atoms with Gasteiger partial charge in [0, 0.05) is 17.5 Å². The van der Waals surface area contributed by atoms with E-state index in [1.807, 2.05) is 0 Å². The first-order chi connectivity index (χ1) is 13.4. The maximum Gasteiger partial charge on any atom is 0.435 e. The van der Waals surface area contributed by atoms with E-state index in [0.29, 0.717) is 10.6 Å². The number of rotatable bonds is 3. The third kappa shape index (κ3) is 4.27. The number of amides is 1. The first-order valence-electron chi connectivity index (χ1n) is 7.72. The Morgan fingerprint density at radius 3 is 2.38 bits per heavy atom. The number of nitrogens with one attached hydrogen (secondary N) is 3. The summed E-state index contributed by atoms with van der Waals surface area (Å²) in [7, 11) is 0. The number of hydrogen-bond donors (Lipinski definition) is 4. The van der Waals surface area contributed by atoms with E-state index in [0.717, 1.165) is 24.1 Å². The second-order valence-electron chi connectivity index (χ2n) is 5.83. The molecule has 1 aliphatic rings. The Bertz CT molecular complexity index is 996. The van der Waals surface area contributed by atoms with Crippen molar-refractivity contribution in [3.8, 4) is 5.69 Å². The van der Waals surface area contributed by atoms with E-state index in [9.17, 15) is 31.1 Å². The number of hydrogen-bond acceptors (Lipinski definition) is 6. The molecule has 0 radical (unpaired) electrons. The molecule has 0 fully saturated rings. The number of anilines is 2. The Morgan fingerprint density at radius 2 is 1.86 bits per heavy atom. The predicted molar refractivity (Wildman–Crippen MR) is 93.2 cm³/mol. The number of allylic oxidation sites excluding steroid dienone is 1. The van der Waals surface area contributed by atoms with Crippen molar-refractivity contribution < 1.29 is 31.1 Å². The largest absolute Gasteiger partial charge is 0.435 e. The lowest BCUT2D eigenvalue weighted by Crippen LogP contribution is -2.17. The van der Waals surface area contributed by atoms with Gasteiger partial charge in [-0.05, 0) is 37.1 Å². The van der Waals surface area contributed by atoms with Crippen LogP contribution in [0, 0.1) is 0 Å². The van der Waals surface area contributed by atoms with Gasteiger partial charge in [0.15, 0.2) is 5.69 Å². The summed E-state index contributed by atoms with van der Waals surface area (Å²) in [5.41, 5.74) is 5.08. The van der Waals surface area contributed by atoms with E-state index in [2.05, 4.69) is 20.7 Å². The summed E-state index contributed by atoms with van der Waals surface area (Å²) in [6, 6.07) is 3.27. The van der Waals surface area contributed by atoms with E-state index in [1.54, 1.807) is 6.92 Å². The summed E-state index contributed by atoms with van der Waals surface area (Å²) in [5, 5.41) is 5.52. The molecular formula is C15H12F6N6OS. The molecule has 0 saturated carbocycles.